The maximum atomic E-state index is 8.11. The molecule has 0 fully saturated rings. The smallest absolute Gasteiger partial charge is 0.112 e. The topological polar surface area (TPSA) is 32.3 Å². The van der Waals surface area contributed by atoms with Crippen LogP contribution in [0, 0.1) is 0 Å². The van der Waals surface area contributed by atoms with Gasteiger partial charge in [-0.15, -0.1) is 0 Å². The number of thiol groups is 1. The zero-order valence-electron chi connectivity index (χ0n) is 3.96. The summed E-state index contributed by atoms with van der Waals surface area (Å²) in [6, 6.07) is 0. The molecular formula is C4H9NOS. The summed E-state index contributed by atoms with van der Waals surface area (Å²) in [6.45, 7) is -0.00965. The van der Waals surface area contributed by atoms with Gasteiger partial charge >= 0.3 is 0 Å². The summed E-state index contributed by atoms with van der Waals surface area (Å²) < 4.78 is 0. The van der Waals surface area contributed by atoms with Crippen molar-refractivity contribution in [2.24, 2.45) is 0 Å². The zero-order valence-corrected chi connectivity index (χ0v) is 4.86. The largest absolute Gasteiger partial charge is 0.377 e. The lowest BCUT2D eigenvalue weighted by atomic mass is 10.7. The first-order valence-corrected chi connectivity index (χ1v) is 2.65. The zero-order chi connectivity index (χ0) is 5.54. The van der Waals surface area contributed by atoms with Gasteiger partial charge in [0.05, 0.1) is 0 Å². The average molecular weight is 119 g/mol. The molecule has 2 N–H and O–H groups in total. The van der Waals surface area contributed by atoms with Crippen molar-refractivity contribution in [3.63, 3.8) is 0 Å². The molecule has 0 aromatic carbocycles. The molecule has 0 aromatic rings. The van der Waals surface area contributed by atoms with Crippen LogP contribution in [0.3, 0.4) is 0 Å². The summed E-state index contributed by atoms with van der Waals surface area (Å²) in [5, 5.41) is 10.7. The first-order chi connectivity index (χ1) is 3.41. The highest BCUT2D eigenvalue weighted by Crippen LogP contribution is 1.71. The second kappa shape index (κ2) is 5.85. The van der Waals surface area contributed by atoms with Gasteiger partial charge in [0, 0.05) is 5.75 Å². The Balaban J connectivity index is 2.78. The molecule has 0 heterocycles. The molecule has 0 unspecified atom stereocenters. The van der Waals surface area contributed by atoms with Gasteiger partial charge in [0.1, 0.15) is 6.73 Å². The highest BCUT2D eigenvalue weighted by Gasteiger charge is 1.64. The third-order valence-corrected chi connectivity index (χ3v) is 0.643. The number of nitrogens with one attached hydrogen (secondary N) is 1. The summed E-state index contributed by atoms with van der Waals surface area (Å²) in [7, 11) is 0. The van der Waals surface area contributed by atoms with Crippen LogP contribution in [0.4, 0.5) is 0 Å². The molecule has 0 saturated heterocycles. The molecule has 0 aliphatic rings. The van der Waals surface area contributed by atoms with Gasteiger partial charge in [-0.2, -0.15) is 12.6 Å². The fraction of sp³-hybridized carbons (Fsp3) is 0.500. The Labute approximate surface area is 48.6 Å². The van der Waals surface area contributed by atoms with E-state index in [9.17, 15) is 0 Å². The van der Waals surface area contributed by atoms with Gasteiger partial charge in [-0.3, -0.25) is 0 Å². The fourth-order valence-corrected chi connectivity index (χ4v) is 0.294. The van der Waals surface area contributed by atoms with Crippen molar-refractivity contribution in [2.45, 2.75) is 0 Å². The van der Waals surface area contributed by atoms with E-state index in [4.69, 9.17) is 5.11 Å². The maximum absolute atomic E-state index is 8.11. The predicted molar refractivity (Wildman–Crippen MR) is 33.2 cm³/mol. The van der Waals surface area contributed by atoms with Crippen LogP contribution in [0.2, 0.25) is 0 Å². The van der Waals surface area contributed by atoms with Crippen molar-refractivity contribution < 1.29 is 5.11 Å². The summed E-state index contributed by atoms with van der Waals surface area (Å²) >= 11 is 3.89. The molecule has 0 rings (SSSR count). The lowest BCUT2D eigenvalue weighted by Gasteiger charge is -1.86. The minimum atomic E-state index is -0.00965. The number of aliphatic hydroxyl groups excluding tert-OH is 1. The quantitative estimate of drug-likeness (QED) is 0.360. The molecule has 0 aliphatic carbocycles. The molecule has 7 heavy (non-hydrogen) atoms. The first kappa shape index (κ1) is 6.85. The molecule has 0 aliphatic heterocycles. The van der Waals surface area contributed by atoms with E-state index in [0.717, 1.165) is 0 Å². The minimum Gasteiger partial charge on any atom is -0.377 e. The molecule has 0 radical (unpaired) electrons. The van der Waals surface area contributed by atoms with Gasteiger partial charge in [0.15, 0.2) is 0 Å². The Kier molecular flexibility index (Phi) is 5.72. The Morgan fingerprint density at radius 3 is 2.86 bits per heavy atom. The van der Waals surface area contributed by atoms with Crippen molar-refractivity contribution in [2.75, 3.05) is 12.5 Å². The normalized spacial score (nSPS) is 10.0. The van der Waals surface area contributed by atoms with Gasteiger partial charge in [0.2, 0.25) is 0 Å². The summed E-state index contributed by atoms with van der Waals surface area (Å²) in [5.74, 6) is 0.701. The van der Waals surface area contributed by atoms with Crippen LogP contribution in [-0.4, -0.2) is 17.6 Å². The van der Waals surface area contributed by atoms with Gasteiger partial charge in [-0.25, -0.2) is 0 Å². The van der Waals surface area contributed by atoms with E-state index in [0.29, 0.717) is 5.75 Å². The lowest BCUT2D eigenvalue weighted by molar-refractivity contribution is 0.279. The van der Waals surface area contributed by atoms with Crippen LogP contribution in [-0.2, 0) is 0 Å². The van der Waals surface area contributed by atoms with Crippen LogP contribution < -0.4 is 5.32 Å². The molecule has 0 amide bonds. The van der Waals surface area contributed by atoms with Crippen molar-refractivity contribution in [1.82, 2.24) is 5.32 Å². The number of hydrogen-bond donors (Lipinski definition) is 3. The van der Waals surface area contributed by atoms with Crippen LogP contribution in [0.25, 0.3) is 0 Å². The molecule has 0 spiro atoms. The molecule has 2 nitrogen and oxygen atoms in total. The summed E-state index contributed by atoms with van der Waals surface area (Å²) in [5.41, 5.74) is 0. The highest BCUT2D eigenvalue weighted by molar-refractivity contribution is 7.80. The molecule has 0 saturated carbocycles. The van der Waals surface area contributed by atoms with E-state index in [1.165, 1.54) is 0 Å². The third kappa shape index (κ3) is 5.85. The van der Waals surface area contributed by atoms with Gasteiger partial charge in [-0.05, 0) is 6.20 Å². The maximum Gasteiger partial charge on any atom is 0.112 e. The second-order valence-corrected chi connectivity index (χ2v) is 1.31. The standard InChI is InChI=1S/C4H9NOS/c6-4-5-2-1-3-7/h1-2,5-7H,3-4H2. The van der Waals surface area contributed by atoms with E-state index in [1.54, 1.807) is 12.3 Å². The molecule has 0 aromatic heterocycles. The van der Waals surface area contributed by atoms with Crippen molar-refractivity contribution >= 4 is 12.6 Å². The fourth-order valence-electron chi connectivity index (χ4n) is 0.189. The van der Waals surface area contributed by atoms with Gasteiger partial charge in [0.25, 0.3) is 0 Å². The monoisotopic (exact) mass is 119 g/mol. The Morgan fingerprint density at radius 2 is 2.43 bits per heavy atom. The van der Waals surface area contributed by atoms with Gasteiger partial charge < -0.3 is 10.4 Å². The van der Waals surface area contributed by atoms with Crippen LogP contribution in [0.1, 0.15) is 0 Å². The molecule has 42 valence electrons. The third-order valence-electron chi connectivity index (χ3n) is 0.432. The number of rotatable bonds is 3. The van der Waals surface area contributed by atoms with E-state index in [1.807, 2.05) is 0 Å². The minimum absolute atomic E-state index is 0.00965. The Hall–Kier alpha value is -0.150. The number of hydrogen-bond acceptors (Lipinski definition) is 3. The van der Waals surface area contributed by atoms with Crippen LogP contribution in [0.15, 0.2) is 12.3 Å². The van der Waals surface area contributed by atoms with Crippen molar-refractivity contribution in [1.29, 1.82) is 0 Å². The second-order valence-electron chi connectivity index (χ2n) is 0.947. The van der Waals surface area contributed by atoms with Crippen molar-refractivity contribution in [3.05, 3.63) is 12.3 Å². The lowest BCUT2D eigenvalue weighted by Crippen LogP contribution is -2.04. The molecule has 0 atom stereocenters. The molecule has 3 heteroatoms. The predicted octanol–water partition coefficient (Wildman–Crippen LogP) is -0.0307. The van der Waals surface area contributed by atoms with Crippen molar-refractivity contribution in [3.8, 4) is 0 Å². The average Bonchev–Trinajstić information content (AvgIpc) is 1.69. The van der Waals surface area contributed by atoms with E-state index >= 15 is 0 Å². The molecule has 0 bridgehead atoms. The first-order valence-electron chi connectivity index (χ1n) is 2.02. The van der Waals surface area contributed by atoms with E-state index in [-0.39, 0.29) is 6.73 Å². The SMILES string of the molecule is OCNC=CCS. The highest BCUT2D eigenvalue weighted by atomic mass is 32.1. The summed E-state index contributed by atoms with van der Waals surface area (Å²) in [6.07, 6.45) is 3.46. The van der Waals surface area contributed by atoms with Crippen LogP contribution >= 0.6 is 12.6 Å². The summed E-state index contributed by atoms with van der Waals surface area (Å²) in [4.78, 5) is 0. The van der Waals surface area contributed by atoms with Gasteiger partial charge in [-0.1, -0.05) is 6.08 Å². The van der Waals surface area contributed by atoms with E-state index in [2.05, 4.69) is 17.9 Å². The van der Waals surface area contributed by atoms with E-state index < -0.39 is 0 Å². The Bertz CT molecular complexity index is 55.7. The Morgan fingerprint density at radius 1 is 1.71 bits per heavy atom. The molecular weight excluding hydrogens is 110 g/mol. The number of aliphatic hydroxyl groups is 1. The van der Waals surface area contributed by atoms with Crippen LogP contribution in [0.5, 0.6) is 0 Å².